The topological polar surface area (TPSA) is 34.1 Å². The molecule has 2 rings (SSSR count). The molecule has 0 bridgehead atoms. The van der Waals surface area contributed by atoms with Crippen molar-refractivity contribution in [2.75, 3.05) is 13.7 Å². The van der Waals surface area contributed by atoms with E-state index >= 15 is 0 Å². The molecular formula is C13H16N2O. The lowest BCUT2D eigenvalue weighted by Crippen LogP contribution is -2.08. The Bertz CT molecular complexity index is 482. The number of aromatic nitrogens is 1. The number of pyridine rings is 1. The molecule has 0 unspecified atom stereocenters. The summed E-state index contributed by atoms with van der Waals surface area (Å²) < 4.78 is 5.57. The number of fused-ring (bicyclic) bond motifs is 1. The molecule has 1 aromatic heterocycles. The van der Waals surface area contributed by atoms with E-state index in [-0.39, 0.29) is 0 Å². The van der Waals surface area contributed by atoms with Crippen LogP contribution in [0.3, 0.4) is 0 Å². The summed E-state index contributed by atoms with van der Waals surface area (Å²) in [7, 11) is 1.91. The summed E-state index contributed by atoms with van der Waals surface area (Å²) in [6.45, 7) is 3.37. The summed E-state index contributed by atoms with van der Waals surface area (Å²) in [4.78, 5) is 4.50. The van der Waals surface area contributed by atoms with Gasteiger partial charge in [0.2, 0.25) is 5.88 Å². The second-order valence-corrected chi connectivity index (χ2v) is 3.60. The van der Waals surface area contributed by atoms with Crippen LogP contribution in [0.1, 0.15) is 12.6 Å². The van der Waals surface area contributed by atoms with E-state index in [2.05, 4.69) is 22.4 Å². The molecule has 2 aromatic rings. The molecule has 84 valence electrons. The Hall–Kier alpha value is -1.61. The molecule has 0 saturated heterocycles. The number of nitrogens with zero attached hydrogens (tertiary/aromatic N) is 1. The number of ether oxygens (including phenoxy) is 1. The monoisotopic (exact) mass is 216 g/mol. The Balaban J connectivity index is 2.54. The lowest BCUT2D eigenvalue weighted by molar-refractivity contribution is 0.330. The van der Waals surface area contributed by atoms with E-state index in [1.807, 2.05) is 32.2 Å². The van der Waals surface area contributed by atoms with Crippen LogP contribution >= 0.6 is 0 Å². The highest BCUT2D eigenvalue weighted by Crippen LogP contribution is 2.24. The van der Waals surface area contributed by atoms with Crippen LogP contribution in [0.4, 0.5) is 0 Å². The van der Waals surface area contributed by atoms with Gasteiger partial charge in [-0.15, -0.1) is 0 Å². The van der Waals surface area contributed by atoms with Crippen molar-refractivity contribution in [1.29, 1.82) is 0 Å². The molecule has 1 aromatic carbocycles. The van der Waals surface area contributed by atoms with E-state index in [4.69, 9.17) is 4.74 Å². The predicted octanol–water partition coefficient (Wildman–Crippen LogP) is 2.35. The summed E-state index contributed by atoms with van der Waals surface area (Å²) in [5.74, 6) is 0.728. The van der Waals surface area contributed by atoms with Gasteiger partial charge in [-0.05, 0) is 31.5 Å². The molecule has 16 heavy (non-hydrogen) atoms. The molecule has 0 fully saturated rings. The van der Waals surface area contributed by atoms with E-state index in [1.165, 1.54) is 5.39 Å². The third-order valence-electron chi connectivity index (χ3n) is 2.40. The second-order valence-electron chi connectivity index (χ2n) is 3.60. The lowest BCUT2D eigenvalue weighted by atomic mass is 10.1. The van der Waals surface area contributed by atoms with Gasteiger partial charge in [-0.3, -0.25) is 0 Å². The molecule has 0 spiro atoms. The van der Waals surface area contributed by atoms with E-state index in [0.29, 0.717) is 6.61 Å². The normalized spacial score (nSPS) is 10.6. The number of benzene rings is 1. The minimum atomic E-state index is 0.639. The summed E-state index contributed by atoms with van der Waals surface area (Å²) in [6, 6.07) is 10.2. The van der Waals surface area contributed by atoms with Gasteiger partial charge in [-0.2, -0.15) is 0 Å². The molecule has 1 N–H and O–H groups in total. The van der Waals surface area contributed by atoms with Crippen LogP contribution in [0.15, 0.2) is 30.3 Å². The Morgan fingerprint density at radius 1 is 1.31 bits per heavy atom. The van der Waals surface area contributed by atoms with Crippen molar-refractivity contribution < 1.29 is 4.74 Å². The summed E-state index contributed by atoms with van der Waals surface area (Å²) >= 11 is 0. The minimum Gasteiger partial charge on any atom is -0.478 e. The van der Waals surface area contributed by atoms with Crippen LogP contribution in [0.2, 0.25) is 0 Å². The third kappa shape index (κ3) is 2.14. The molecule has 3 nitrogen and oxygen atoms in total. The van der Waals surface area contributed by atoms with Crippen molar-refractivity contribution in [3.63, 3.8) is 0 Å². The van der Waals surface area contributed by atoms with Crippen molar-refractivity contribution >= 4 is 10.8 Å². The molecule has 0 radical (unpaired) electrons. The van der Waals surface area contributed by atoms with Crippen molar-refractivity contribution in [2.45, 2.75) is 13.5 Å². The molecule has 1 heterocycles. The Kier molecular flexibility index (Phi) is 3.37. The number of hydrogen-bond donors (Lipinski definition) is 1. The van der Waals surface area contributed by atoms with E-state index in [1.54, 1.807) is 0 Å². The third-order valence-corrected chi connectivity index (χ3v) is 2.40. The maximum atomic E-state index is 5.57. The zero-order valence-electron chi connectivity index (χ0n) is 9.66. The average Bonchev–Trinajstić information content (AvgIpc) is 2.30. The summed E-state index contributed by atoms with van der Waals surface area (Å²) in [5, 5.41) is 5.35. The first-order valence-corrected chi connectivity index (χ1v) is 5.51. The van der Waals surface area contributed by atoms with Gasteiger partial charge in [0.25, 0.3) is 0 Å². The fourth-order valence-corrected chi connectivity index (χ4v) is 1.74. The molecule has 0 aliphatic heterocycles. The Labute approximate surface area is 95.5 Å². The van der Waals surface area contributed by atoms with Gasteiger partial charge in [-0.1, -0.05) is 18.2 Å². The number of hydrogen-bond acceptors (Lipinski definition) is 3. The highest BCUT2D eigenvalue weighted by atomic mass is 16.5. The molecule has 0 aliphatic rings. The maximum Gasteiger partial charge on any atom is 0.221 e. The van der Waals surface area contributed by atoms with E-state index in [0.717, 1.165) is 23.5 Å². The van der Waals surface area contributed by atoms with Gasteiger partial charge >= 0.3 is 0 Å². The highest BCUT2D eigenvalue weighted by molar-refractivity contribution is 5.87. The van der Waals surface area contributed by atoms with Crippen molar-refractivity contribution in [3.05, 3.63) is 36.0 Å². The van der Waals surface area contributed by atoms with Crippen molar-refractivity contribution in [2.24, 2.45) is 0 Å². The van der Waals surface area contributed by atoms with Gasteiger partial charge in [0.1, 0.15) is 0 Å². The van der Waals surface area contributed by atoms with Crippen LogP contribution in [-0.4, -0.2) is 18.6 Å². The Morgan fingerprint density at radius 3 is 2.88 bits per heavy atom. The van der Waals surface area contributed by atoms with Crippen molar-refractivity contribution in [1.82, 2.24) is 10.3 Å². The number of rotatable bonds is 4. The summed E-state index contributed by atoms with van der Waals surface area (Å²) in [5.41, 5.74) is 1.00. The van der Waals surface area contributed by atoms with Crippen LogP contribution in [0, 0.1) is 0 Å². The first-order chi connectivity index (χ1) is 7.85. The quantitative estimate of drug-likeness (QED) is 0.851. The minimum absolute atomic E-state index is 0.639. The fourth-order valence-electron chi connectivity index (χ4n) is 1.74. The van der Waals surface area contributed by atoms with Crippen LogP contribution in [-0.2, 0) is 6.54 Å². The second kappa shape index (κ2) is 4.94. The average molecular weight is 216 g/mol. The van der Waals surface area contributed by atoms with E-state index < -0.39 is 0 Å². The van der Waals surface area contributed by atoms with Gasteiger partial charge in [0.05, 0.1) is 12.3 Å². The largest absolute Gasteiger partial charge is 0.478 e. The van der Waals surface area contributed by atoms with Gasteiger partial charge < -0.3 is 10.1 Å². The Morgan fingerprint density at radius 2 is 2.12 bits per heavy atom. The lowest BCUT2D eigenvalue weighted by Gasteiger charge is -2.09. The van der Waals surface area contributed by atoms with E-state index in [9.17, 15) is 0 Å². The molecule has 0 amide bonds. The van der Waals surface area contributed by atoms with Crippen LogP contribution in [0.25, 0.3) is 10.8 Å². The standard InChI is InChI=1S/C13H16N2O/c1-3-16-13-12-7-5-4-6-10(12)8-11(15-13)9-14-2/h4-8,14H,3,9H2,1-2H3. The van der Waals surface area contributed by atoms with Gasteiger partial charge in [0, 0.05) is 11.9 Å². The number of nitrogens with one attached hydrogen (secondary N) is 1. The van der Waals surface area contributed by atoms with Crippen molar-refractivity contribution in [3.8, 4) is 5.88 Å². The maximum absolute atomic E-state index is 5.57. The zero-order chi connectivity index (χ0) is 11.4. The van der Waals surface area contributed by atoms with Gasteiger partial charge in [-0.25, -0.2) is 4.98 Å². The molecule has 3 heteroatoms. The van der Waals surface area contributed by atoms with Crippen LogP contribution in [0.5, 0.6) is 5.88 Å². The molecular weight excluding hydrogens is 200 g/mol. The predicted molar refractivity (Wildman–Crippen MR) is 65.7 cm³/mol. The van der Waals surface area contributed by atoms with Gasteiger partial charge in [0.15, 0.2) is 0 Å². The molecule has 0 atom stereocenters. The molecule has 0 saturated carbocycles. The first-order valence-electron chi connectivity index (χ1n) is 5.51. The smallest absolute Gasteiger partial charge is 0.221 e. The SMILES string of the molecule is CCOc1nc(CNC)cc2ccccc12. The molecule has 0 aliphatic carbocycles. The highest BCUT2D eigenvalue weighted by Gasteiger charge is 2.05. The first kappa shape index (κ1) is 10.9. The van der Waals surface area contributed by atoms with Crippen LogP contribution < -0.4 is 10.1 Å². The zero-order valence-corrected chi connectivity index (χ0v) is 9.66. The summed E-state index contributed by atoms with van der Waals surface area (Å²) in [6.07, 6.45) is 0. The fraction of sp³-hybridized carbons (Fsp3) is 0.308.